The second kappa shape index (κ2) is 5.62. The molecule has 1 N–H and O–H groups in total. The molecule has 1 aliphatic heterocycles. The number of halogens is 2. The summed E-state index contributed by atoms with van der Waals surface area (Å²) in [4.78, 5) is 17.4. The van der Waals surface area contributed by atoms with Gasteiger partial charge in [0.05, 0.1) is 11.1 Å². The van der Waals surface area contributed by atoms with Gasteiger partial charge in [-0.2, -0.15) is 0 Å². The first-order valence-electron chi connectivity index (χ1n) is 6.55. The molecule has 2 heterocycles. The van der Waals surface area contributed by atoms with E-state index in [1.807, 2.05) is 17.0 Å². The number of hydrogen-bond acceptors (Lipinski definition) is 1. The molecule has 1 fully saturated rings. The zero-order valence-corrected chi connectivity index (χ0v) is 13.1. The Morgan fingerprint density at radius 1 is 1.40 bits per heavy atom. The summed E-state index contributed by atoms with van der Waals surface area (Å²) in [5.74, 6) is 0.0133. The fourth-order valence-corrected chi connectivity index (χ4v) is 3.30. The molecule has 1 saturated heterocycles. The van der Waals surface area contributed by atoms with Crippen LogP contribution < -0.4 is 0 Å². The van der Waals surface area contributed by atoms with Gasteiger partial charge >= 0.3 is 0 Å². The van der Waals surface area contributed by atoms with E-state index in [1.54, 1.807) is 12.3 Å². The fraction of sp³-hybridized carbons (Fsp3) is 0.267. The summed E-state index contributed by atoms with van der Waals surface area (Å²) < 4.78 is 1.04. The number of aromatic amines is 1. The first-order chi connectivity index (χ1) is 9.65. The number of nitrogens with zero attached hydrogens (tertiary/aromatic N) is 1. The van der Waals surface area contributed by atoms with Crippen LogP contribution in [-0.2, 0) is 0 Å². The zero-order chi connectivity index (χ0) is 14.1. The van der Waals surface area contributed by atoms with Crippen molar-refractivity contribution in [2.24, 2.45) is 0 Å². The van der Waals surface area contributed by atoms with Crippen molar-refractivity contribution in [3.8, 4) is 0 Å². The van der Waals surface area contributed by atoms with Crippen LogP contribution in [0.1, 0.15) is 34.9 Å². The molecule has 20 heavy (non-hydrogen) atoms. The highest BCUT2D eigenvalue weighted by Crippen LogP contribution is 2.34. The van der Waals surface area contributed by atoms with Crippen molar-refractivity contribution in [1.82, 2.24) is 9.88 Å². The second-order valence-corrected chi connectivity index (χ2v) is 6.30. The van der Waals surface area contributed by atoms with Crippen LogP contribution in [0.5, 0.6) is 0 Å². The van der Waals surface area contributed by atoms with E-state index in [4.69, 9.17) is 11.6 Å². The lowest BCUT2D eigenvalue weighted by molar-refractivity contribution is 0.0730. The van der Waals surface area contributed by atoms with Crippen LogP contribution in [0.3, 0.4) is 0 Å². The molecule has 5 heteroatoms. The van der Waals surface area contributed by atoms with Crippen molar-refractivity contribution in [1.29, 1.82) is 0 Å². The van der Waals surface area contributed by atoms with Crippen LogP contribution in [-0.4, -0.2) is 22.3 Å². The summed E-state index contributed by atoms with van der Waals surface area (Å²) >= 11 is 9.36. The Balaban J connectivity index is 1.87. The molecule has 2 aromatic rings. The lowest BCUT2D eigenvalue weighted by Gasteiger charge is -2.24. The van der Waals surface area contributed by atoms with Crippen LogP contribution in [0, 0.1) is 0 Å². The molecule has 0 bridgehead atoms. The molecule has 0 spiro atoms. The summed E-state index contributed by atoms with van der Waals surface area (Å²) in [6, 6.07) is 9.98. The highest BCUT2D eigenvalue weighted by Gasteiger charge is 2.31. The van der Waals surface area contributed by atoms with E-state index in [0.29, 0.717) is 10.7 Å². The Kier molecular flexibility index (Phi) is 3.85. The third-order valence-electron chi connectivity index (χ3n) is 3.63. The number of nitrogens with one attached hydrogen (secondary N) is 1. The predicted molar refractivity (Wildman–Crippen MR) is 83.0 cm³/mol. The molecule has 3 rings (SSSR count). The molecule has 0 radical (unpaired) electrons. The van der Waals surface area contributed by atoms with Gasteiger partial charge in [0.15, 0.2) is 0 Å². The molecule has 0 aliphatic carbocycles. The van der Waals surface area contributed by atoms with Crippen LogP contribution in [0.15, 0.2) is 41.0 Å². The average molecular weight is 354 g/mol. The Hall–Kier alpha value is -1.26. The van der Waals surface area contributed by atoms with Crippen molar-refractivity contribution >= 4 is 33.4 Å². The van der Waals surface area contributed by atoms with Crippen molar-refractivity contribution in [2.75, 3.05) is 6.54 Å². The molecule has 1 aromatic carbocycles. The van der Waals surface area contributed by atoms with E-state index in [2.05, 4.69) is 33.0 Å². The van der Waals surface area contributed by atoms with Gasteiger partial charge in [0, 0.05) is 17.2 Å². The molecular weight excluding hydrogens is 340 g/mol. The van der Waals surface area contributed by atoms with Gasteiger partial charge < -0.3 is 9.88 Å². The Morgan fingerprint density at radius 3 is 2.95 bits per heavy atom. The number of H-pyrrole nitrogens is 1. The molecule has 1 atom stereocenters. The van der Waals surface area contributed by atoms with Crippen LogP contribution in [0.25, 0.3) is 0 Å². The fourth-order valence-electron chi connectivity index (χ4n) is 2.72. The minimum absolute atomic E-state index is 0.0133. The minimum atomic E-state index is 0.0133. The topological polar surface area (TPSA) is 36.1 Å². The van der Waals surface area contributed by atoms with Gasteiger partial charge in [-0.1, -0.05) is 39.7 Å². The van der Waals surface area contributed by atoms with Crippen molar-refractivity contribution in [3.63, 3.8) is 0 Å². The normalized spacial score (nSPS) is 18.5. The summed E-state index contributed by atoms with van der Waals surface area (Å²) in [6.07, 6.45) is 3.66. The molecule has 104 valence electrons. The molecule has 1 aliphatic rings. The van der Waals surface area contributed by atoms with Crippen LogP contribution >= 0.6 is 27.5 Å². The first-order valence-corrected chi connectivity index (χ1v) is 7.72. The quantitative estimate of drug-likeness (QED) is 0.853. The summed E-state index contributed by atoms with van der Waals surface area (Å²) in [7, 11) is 0. The number of benzene rings is 1. The van der Waals surface area contributed by atoms with Crippen molar-refractivity contribution in [3.05, 3.63) is 57.3 Å². The maximum Gasteiger partial charge on any atom is 0.270 e. The average Bonchev–Trinajstić information content (AvgIpc) is 3.06. The van der Waals surface area contributed by atoms with E-state index in [9.17, 15) is 4.79 Å². The largest absolute Gasteiger partial charge is 0.356 e. The highest BCUT2D eigenvalue weighted by molar-refractivity contribution is 9.10. The molecule has 1 unspecified atom stereocenters. The van der Waals surface area contributed by atoms with E-state index < -0.39 is 0 Å². The third kappa shape index (κ3) is 2.63. The third-order valence-corrected chi connectivity index (χ3v) is 4.34. The smallest absolute Gasteiger partial charge is 0.270 e. The Labute approximate surface area is 131 Å². The van der Waals surface area contributed by atoms with E-state index in [-0.39, 0.29) is 11.9 Å². The van der Waals surface area contributed by atoms with Gasteiger partial charge in [0.25, 0.3) is 5.91 Å². The van der Waals surface area contributed by atoms with Gasteiger partial charge in [0.1, 0.15) is 5.69 Å². The summed E-state index contributed by atoms with van der Waals surface area (Å²) in [5, 5.41) is 0.562. The predicted octanol–water partition coefficient (Wildman–Crippen LogP) is 4.41. The van der Waals surface area contributed by atoms with Crippen LogP contribution in [0.2, 0.25) is 5.02 Å². The van der Waals surface area contributed by atoms with Gasteiger partial charge in [-0.3, -0.25) is 4.79 Å². The van der Waals surface area contributed by atoms with E-state index in [1.165, 1.54) is 5.56 Å². The SMILES string of the molecule is O=C(c1cc(Cl)c[nH]1)N1CCCC1c1cccc(Br)c1. The molecule has 1 amide bonds. The minimum Gasteiger partial charge on any atom is -0.356 e. The molecule has 3 nitrogen and oxygen atoms in total. The number of carbonyl (C=O) groups excluding carboxylic acids is 1. The molecule has 0 saturated carbocycles. The molecule has 1 aromatic heterocycles. The standard InChI is InChI=1S/C15H14BrClN2O/c16-11-4-1-3-10(7-11)14-5-2-6-19(14)15(20)13-8-12(17)9-18-13/h1,3-4,7-9,14,18H,2,5-6H2. The maximum atomic E-state index is 12.6. The van der Waals surface area contributed by atoms with E-state index >= 15 is 0 Å². The number of aromatic nitrogens is 1. The number of likely N-dealkylation sites (tertiary alicyclic amines) is 1. The highest BCUT2D eigenvalue weighted by atomic mass is 79.9. The van der Waals surface area contributed by atoms with Crippen molar-refractivity contribution in [2.45, 2.75) is 18.9 Å². The second-order valence-electron chi connectivity index (χ2n) is 4.94. The lowest BCUT2D eigenvalue weighted by Crippen LogP contribution is -2.30. The number of amides is 1. The Morgan fingerprint density at radius 2 is 2.25 bits per heavy atom. The number of carbonyl (C=O) groups is 1. The van der Waals surface area contributed by atoms with Gasteiger partial charge in [-0.05, 0) is 36.6 Å². The summed E-state index contributed by atoms with van der Waals surface area (Å²) in [5.41, 5.74) is 1.72. The zero-order valence-electron chi connectivity index (χ0n) is 10.8. The van der Waals surface area contributed by atoms with Gasteiger partial charge in [0.2, 0.25) is 0 Å². The maximum absolute atomic E-state index is 12.6. The first kappa shape index (κ1) is 13.7. The monoisotopic (exact) mass is 352 g/mol. The number of rotatable bonds is 2. The lowest BCUT2D eigenvalue weighted by atomic mass is 10.0. The van der Waals surface area contributed by atoms with E-state index in [0.717, 1.165) is 23.9 Å². The Bertz CT molecular complexity index is 640. The molecular formula is C15H14BrClN2O. The van der Waals surface area contributed by atoms with Gasteiger partial charge in [-0.25, -0.2) is 0 Å². The van der Waals surface area contributed by atoms with Gasteiger partial charge in [-0.15, -0.1) is 0 Å². The van der Waals surface area contributed by atoms with Crippen molar-refractivity contribution < 1.29 is 4.79 Å². The van der Waals surface area contributed by atoms with Crippen LogP contribution in [0.4, 0.5) is 0 Å². The number of hydrogen-bond donors (Lipinski definition) is 1. The summed E-state index contributed by atoms with van der Waals surface area (Å²) in [6.45, 7) is 0.784.